The van der Waals surface area contributed by atoms with Crippen LogP contribution in [0.5, 0.6) is 0 Å². The van der Waals surface area contributed by atoms with Gasteiger partial charge in [0.2, 0.25) is 0 Å². The molecular formula is C22H38Cl2N6O4. The average molecular weight is 521 g/mol. The maximum atomic E-state index is 12.7. The summed E-state index contributed by atoms with van der Waals surface area (Å²) in [5.74, 6) is 1.97. The number of fused-ring (bicyclic) bond motifs is 1. The Morgan fingerprint density at radius 1 is 1.03 bits per heavy atom. The fraction of sp³-hybridized carbons (Fsp3) is 0.864. The zero-order valence-electron chi connectivity index (χ0n) is 20.2. The number of carbonyl (C=O) groups excluding carboxylic acids is 2. The van der Waals surface area contributed by atoms with E-state index >= 15 is 0 Å². The molecule has 1 aromatic rings. The van der Waals surface area contributed by atoms with Gasteiger partial charge in [-0.1, -0.05) is 0 Å². The zero-order valence-corrected chi connectivity index (χ0v) is 21.9. The monoisotopic (exact) mass is 520 g/mol. The SMILES string of the molecule is CCOC(=O)[C@@H]1C[C@H]2C[C@@H](CN3C[C@@H](n4nnc(C)n4)C[C@H]3C(=O)OCC)CC[C@H]2CN1.Cl.Cl. The van der Waals surface area contributed by atoms with E-state index in [2.05, 4.69) is 25.6 Å². The van der Waals surface area contributed by atoms with Crippen molar-refractivity contribution in [2.45, 2.75) is 71.0 Å². The van der Waals surface area contributed by atoms with Gasteiger partial charge in [0.25, 0.3) is 0 Å². The third kappa shape index (κ3) is 6.59. The lowest BCUT2D eigenvalue weighted by atomic mass is 9.69. The van der Waals surface area contributed by atoms with Crippen molar-refractivity contribution in [3.8, 4) is 0 Å². The summed E-state index contributed by atoms with van der Waals surface area (Å²) in [6.07, 6.45) is 4.86. The van der Waals surface area contributed by atoms with Crippen LogP contribution in [-0.4, -0.2) is 82.0 Å². The third-order valence-electron chi connectivity index (χ3n) is 7.27. The number of esters is 2. The van der Waals surface area contributed by atoms with Gasteiger partial charge >= 0.3 is 11.9 Å². The molecule has 0 bridgehead atoms. The summed E-state index contributed by atoms with van der Waals surface area (Å²) in [7, 11) is 0. The van der Waals surface area contributed by atoms with Gasteiger partial charge in [-0.3, -0.25) is 14.5 Å². The molecule has 1 N–H and O–H groups in total. The number of carbonyl (C=O) groups is 2. The highest BCUT2D eigenvalue weighted by molar-refractivity contribution is 5.85. The van der Waals surface area contributed by atoms with Crippen LogP contribution >= 0.6 is 24.8 Å². The van der Waals surface area contributed by atoms with E-state index in [0.717, 1.165) is 45.3 Å². The molecule has 3 fully saturated rings. The summed E-state index contributed by atoms with van der Waals surface area (Å²) in [6, 6.07) is -0.446. The number of aromatic nitrogens is 4. The van der Waals surface area contributed by atoms with Crippen molar-refractivity contribution in [1.29, 1.82) is 0 Å². The van der Waals surface area contributed by atoms with Crippen molar-refractivity contribution in [3.05, 3.63) is 5.82 Å². The Balaban J connectivity index is 0.00000204. The van der Waals surface area contributed by atoms with Gasteiger partial charge in [-0.05, 0) is 82.4 Å². The molecular weight excluding hydrogens is 483 g/mol. The van der Waals surface area contributed by atoms with Crippen LogP contribution in [-0.2, 0) is 19.1 Å². The average Bonchev–Trinajstić information content (AvgIpc) is 3.40. The predicted molar refractivity (Wildman–Crippen MR) is 130 cm³/mol. The van der Waals surface area contributed by atoms with Crippen molar-refractivity contribution in [1.82, 2.24) is 30.4 Å². The standard InChI is InChI=1S/C22H36N6O4.2ClH/c1-4-31-21(29)19-9-17-8-15(6-7-16(17)11-23-19)12-27-13-18(28-25-14(3)24-26-28)10-20(27)22(30)32-5-2;;/h15-20,23H,4-13H2,1-3H3;2*1H/t15-,16-,17+,18-,19-,20-;;/m0../s1. The molecule has 2 aliphatic heterocycles. The number of rotatable bonds is 7. The quantitative estimate of drug-likeness (QED) is 0.539. The van der Waals surface area contributed by atoms with Gasteiger partial charge < -0.3 is 14.8 Å². The number of nitrogens with one attached hydrogen (secondary N) is 1. The van der Waals surface area contributed by atoms with Crippen LogP contribution in [0, 0.1) is 24.7 Å². The molecule has 12 heteroatoms. The van der Waals surface area contributed by atoms with Crippen LogP contribution in [0.25, 0.3) is 0 Å². The largest absolute Gasteiger partial charge is 0.465 e. The Bertz CT molecular complexity index is 812. The number of hydrogen-bond donors (Lipinski definition) is 1. The molecule has 0 spiro atoms. The van der Waals surface area contributed by atoms with Crippen LogP contribution in [0.4, 0.5) is 0 Å². The molecule has 2 saturated heterocycles. The summed E-state index contributed by atoms with van der Waals surface area (Å²) >= 11 is 0. The first kappa shape index (κ1) is 28.7. The van der Waals surface area contributed by atoms with Crippen molar-refractivity contribution < 1.29 is 19.1 Å². The van der Waals surface area contributed by atoms with Crippen molar-refractivity contribution in [2.75, 3.05) is 32.8 Å². The van der Waals surface area contributed by atoms with Gasteiger partial charge in [0, 0.05) is 13.1 Å². The minimum absolute atomic E-state index is 0. The molecule has 194 valence electrons. The number of likely N-dealkylation sites (tertiary alicyclic amines) is 1. The fourth-order valence-electron chi connectivity index (χ4n) is 5.77. The first-order chi connectivity index (χ1) is 15.5. The molecule has 34 heavy (non-hydrogen) atoms. The van der Waals surface area contributed by atoms with Crippen LogP contribution in [0.15, 0.2) is 0 Å². The molecule has 3 aliphatic rings. The van der Waals surface area contributed by atoms with Gasteiger partial charge in [-0.15, -0.1) is 35.0 Å². The summed E-state index contributed by atoms with van der Waals surface area (Å²) < 4.78 is 10.6. The van der Waals surface area contributed by atoms with Crippen LogP contribution in [0.1, 0.15) is 57.8 Å². The highest BCUT2D eigenvalue weighted by Crippen LogP contribution is 2.40. The van der Waals surface area contributed by atoms with E-state index < -0.39 is 0 Å². The third-order valence-corrected chi connectivity index (χ3v) is 7.27. The smallest absolute Gasteiger partial charge is 0.323 e. The van der Waals surface area contributed by atoms with Gasteiger partial charge in [-0.25, -0.2) is 0 Å². The van der Waals surface area contributed by atoms with Gasteiger partial charge in [-0.2, -0.15) is 4.80 Å². The first-order valence-electron chi connectivity index (χ1n) is 12.0. The molecule has 3 heterocycles. The number of piperidine rings is 1. The Kier molecular flexibility index (Phi) is 11.0. The molecule has 4 rings (SSSR count). The zero-order chi connectivity index (χ0) is 22.7. The van der Waals surface area contributed by atoms with Crippen LogP contribution < -0.4 is 5.32 Å². The number of nitrogens with zero attached hydrogens (tertiary/aromatic N) is 5. The van der Waals surface area contributed by atoms with E-state index in [1.807, 2.05) is 20.8 Å². The van der Waals surface area contributed by atoms with Gasteiger partial charge in [0.1, 0.15) is 12.1 Å². The first-order valence-corrected chi connectivity index (χ1v) is 12.0. The number of halogens is 2. The molecule has 0 radical (unpaired) electrons. The predicted octanol–water partition coefficient (Wildman–Crippen LogP) is 1.96. The normalized spacial score (nSPS) is 31.0. The molecule has 1 aromatic heterocycles. The molecule has 0 amide bonds. The van der Waals surface area contributed by atoms with Gasteiger partial charge in [0.05, 0.1) is 19.3 Å². The Labute approximate surface area is 213 Å². The van der Waals surface area contributed by atoms with Crippen molar-refractivity contribution in [2.24, 2.45) is 17.8 Å². The minimum atomic E-state index is -0.274. The lowest BCUT2D eigenvalue weighted by Crippen LogP contribution is -2.51. The number of ether oxygens (including phenoxy) is 2. The summed E-state index contributed by atoms with van der Waals surface area (Å²) in [5, 5.41) is 15.9. The summed E-state index contributed by atoms with van der Waals surface area (Å²) in [6.45, 7) is 8.76. The summed E-state index contributed by atoms with van der Waals surface area (Å²) in [4.78, 5) is 28.8. The van der Waals surface area contributed by atoms with E-state index in [1.165, 1.54) is 0 Å². The topological polar surface area (TPSA) is 111 Å². The Hall–Kier alpha value is -1.49. The fourth-order valence-corrected chi connectivity index (χ4v) is 5.77. The van der Waals surface area contributed by atoms with E-state index in [-0.39, 0.29) is 54.9 Å². The second kappa shape index (κ2) is 13.0. The van der Waals surface area contributed by atoms with E-state index in [0.29, 0.717) is 43.2 Å². The van der Waals surface area contributed by atoms with Crippen molar-refractivity contribution in [3.63, 3.8) is 0 Å². The Morgan fingerprint density at radius 3 is 2.44 bits per heavy atom. The Morgan fingerprint density at radius 2 is 1.76 bits per heavy atom. The maximum Gasteiger partial charge on any atom is 0.323 e. The van der Waals surface area contributed by atoms with E-state index in [1.54, 1.807) is 4.80 Å². The number of hydrogen-bond acceptors (Lipinski definition) is 9. The van der Waals surface area contributed by atoms with Crippen molar-refractivity contribution >= 4 is 36.8 Å². The summed E-state index contributed by atoms with van der Waals surface area (Å²) in [5.41, 5.74) is 0. The van der Waals surface area contributed by atoms with Gasteiger partial charge in [0.15, 0.2) is 5.82 Å². The lowest BCUT2D eigenvalue weighted by Gasteiger charge is -2.43. The number of aryl methyl sites for hydroxylation is 1. The van der Waals surface area contributed by atoms with E-state index in [4.69, 9.17) is 9.47 Å². The molecule has 1 saturated carbocycles. The highest BCUT2D eigenvalue weighted by atomic mass is 35.5. The van der Waals surface area contributed by atoms with Crippen LogP contribution in [0.2, 0.25) is 0 Å². The van der Waals surface area contributed by atoms with E-state index in [9.17, 15) is 9.59 Å². The molecule has 1 aliphatic carbocycles. The molecule has 10 nitrogen and oxygen atoms in total. The second-order valence-electron chi connectivity index (χ2n) is 9.42. The molecule has 0 unspecified atom stereocenters. The van der Waals surface area contributed by atoms with Crippen LogP contribution in [0.3, 0.4) is 0 Å². The molecule has 0 aromatic carbocycles. The second-order valence-corrected chi connectivity index (χ2v) is 9.42. The minimum Gasteiger partial charge on any atom is -0.465 e. The maximum absolute atomic E-state index is 12.7. The highest BCUT2D eigenvalue weighted by Gasteiger charge is 2.43. The lowest BCUT2D eigenvalue weighted by molar-refractivity contribution is -0.149. The molecule has 6 atom stereocenters. The number of tetrazole rings is 1.